The topological polar surface area (TPSA) is 46.0 Å². The molecule has 0 amide bonds. The first-order chi connectivity index (χ1) is 12.7. The Hall–Kier alpha value is -1.61. The number of thiazole rings is 1. The van der Waals surface area contributed by atoms with Gasteiger partial charge in [0, 0.05) is 19.0 Å². The second kappa shape index (κ2) is 7.96. The van der Waals surface area contributed by atoms with E-state index in [2.05, 4.69) is 46.2 Å². The molecule has 0 saturated carbocycles. The number of para-hydroxylation sites is 1. The van der Waals surface area contributed by atoms with Gasteiger partial charge in [0.1, 0.15) is 0 Å². The molecule has 1 saturated heterocycles. The minimum Gasteiger partial charge on any atom is -0.357 e. The van der Waals surface area contributed by atoms with Crippen LogP contribution in [0.25, 0.3) is 10.2 Å². The second-order valence-corrected chi connectivity index (χ2v) is 9.10. The molecule has 1 fully saturated rings. The van der Waals surface area contributed by atoms with Crippen molar-refractivity contribution in [3.63, 3.8) is 0 Å². The van der Waals surface area contributed by atoms with Gasteiger partial charge in [-0.1, -0.05) is 29.5 Å². The molecule has 3 aromatic rings. The zero-order valence-electron chi connectivity index (χ0n) is 14.4. The first-order valence-electron chi connectivity index (χ1n) is 8.73. The molecule has 136 valence electrons. The van der Waals surface area contributed by atoms with Crippen molar-refractivity contribution in [2.24, 2.45) is 0 Å². The van der Waals surface area contributed by atoms with Crippen LogP contribution in [0, 0.1) is 3.95 Å². The minimum absolute atomic E-state index is 0.493. The zero-order valence-corrected chi connectivity index (χ0v) is 16.9. The Labute approximate surface area is 166 Å². The van der Waals surface area contributed by atoms with E-state index in [0.29, 0.717) is 12.5 Å². The maximum absolute atomic E-state index is 5.47. The van der Waals surface area contributed by atoms with Crippen molar-refractivity contribution in [3.8, 4) is 0 Å². The molecule has 0 aliphatic carbocycles. The molecule has 1 N–H and O–H groups in total. The lowest BCUT2D eigenvalue weighted by molar-refractivity contribution is 0.157. The van der Waals surface area contributed by atoms with Crippen LogP contribution in [0.3, 0.4) is 0 Å². The highest BCUT2D eigenvalue weighted by molar-refractivity contribution is 7.73. The molecule has 1 aromatic carbocycles. The molecule has 5 nitrogen and oxygen atoms in total. The van der Waals surface area contributed by atoms with E-state index in [4.69, 9.17) is 17.2 Å². The molecular weight excluding hydrogens is 382 g/mol. The first kappa shape index (κ1) is 17.8. The predicted molar refractivity (Wildman–Crippen MR) is 113 cm³/mol. The van der Waals surface area contributed by atoms with E-state index in [-0.39, 0.29) is 0 Å². The highest BCUT2D eigenvalue weighted by Gasteiger charge is 2.24. The number of rotatable bonds is 6. The minimum atomic E-state index is 0.493. The standard InChI is InChI=1S/C18H21N5S3/c1-2-9-19-17-21-23(18(24)26-17)12-22-10-5-6-13(11-22)16-20-14-7-3-4-8-15(14)25-16/h2-4,7-8,13H,1,5-6,9-12H2,(H,19,21)/t13-/m0/s1. The number of nitrogens with one attached hydrogen (secondary N) is 1. The molecule has 2 aromatic heterocycles. The number of anilines is 1. The number of likely N-dealkylation sites (tertiary alicyclic amines) is 1. The van der Waals surface area contributed by atoms with E-state index in [1.54, 1.807) is 0 Å². The van der Waals surface area contributed by atoms with E-state index in [0.717, 1.165) is 34.4 Å². The van der Waals surface area contributed by atoms with E-state index < -0.39 is 0 Å². The van der Waals surface area contributed by atoms with Gasteiger partial charge in [-0.05, 0) is 43.7 Å². The second-order valence-electron chi connectivity index (χ2n) is 6.42. The van der Waals surface area contributed by atoms with Crippen LogP contribution in [0.2, 0.25) is 0 Å². The van der Waals surface area contributed by atoms with Gasteiger partial charge in [-0.3, -0.25) is 4.90 Å². The lowest BCUT2D eigenvalue weighted by atomic mass is 9.99. The molecule has 0 spiro atoms. The molecular formula is C18H21N5S3. The Morgan fingerprint density at radius 2 is 2.23 bits per heavy atom. The monoisotopic (exact) mass is 403 g/mol. The lowest BCUT2D eigenvalue weighted by Gasteiger charge is -2.31. The number of piperidine rings is 1. The van der Waals surface area contributed by atoms with Crippen molar-refractivity contribution in [2.75, 3.05) is 25.0 Å². The van der Waals surface area contributed by atoms with Gasteiger partial charge in [0.15, 0.2) is 3.95 Å². The van der Waals surface area contributed by atoms with Crippen LogP contribution in [0.1, 0.15) is 23.8 Å². The fourth-order valence-corrected chi connectivity index (χ4v) is 5.36. The van der Waals surface area contributed by atoms with Crippen molar-refractivity contribution >= 4 is 50.2 Å². The van der Waals surface area contributed by atoms with E-state index in [9.17, 15) is 0 Å². The quantitative estimate of drug-likeness (QED) is 0.477. The number of benzene rings is 1. The summed E-state index contributed by atoms with van der Waals surface area (Å²) in [4.78, 5) is 7.30. The van der Waals surface area contributed by atoms with Crippen molar-refractivity contribution in [3.05, 3.63) is 45.9 Å². The fraction of sp³-hybridized carbons (Fsp3) is 0.389. The number of hydrogen-bond acceptors (Lipinski definition) is 7. The van der Waals surface area contributed by atoms with Crippen molar-refractivity contribution in [1.82, 2.24) is 19.7 Å². The maximum atomic E-state index is 5.47. The Balaban J connectivity index is 1.46. The highest BCUT2D eigenvalue weighted by Crippen LogP contribution is 2.33. The fourth-order valence-electron chi connectivity index (χ4n) is 3.27. The average molecular weight is 404 g/mol. The molecule has 1 aliphatic rings. The molecule has 1 atom stereocenters. The number of hydrogen-bond donors (Lipinski definition) is 1. The Morgan fingerprint density at radius 3 is 3.08 bits per heavy atom. The SMILES string of the molecule is C=CCNc1nn(CN2CCC[C@H](c3nc4ccccc4s3)C2)c(=S)s1. The van der Waals surface area contributed by atoms with E-state index in [1.807, 2.05) is 22.1 Å². The summed E-state index contributed by atoms with van der Waals surface area (Å²) in [5, 5.41) is 9.92. The van der Waals surface area contributed by atoms with Gasteiger partial charge in [-0.2, -0.15) is 0 Å². The summed E-state index contributed by atoms with van der Waals surface area (Å²) in [6.45, 7) is 7.25. The first-order valence-corrected chi connectivity index (χ1v) is 10.8. The van der Waals surface area contributed by atoms with Crippen LogP contribution in [0.4, 0.5) is 5.13 Å². The summed E-state index contributed by atoms with van der Waals surface area (Å²) in [5.41, 5.74) is 1.12. The third-order valence-corrected chi connectivity index (χ3v) is 6.97. The van der Waals surface area contributed by atoms with E-state index in [1.165, 1.54) is 33.9 Å². The lowest BCUT2D eigenvalue weighted by Crippen LogP contribution is -2.36. The summed E-state index contributed by atoms with van der Waals surface area (Å²) in [5.74, 6) is 0.493. The van der Waals surface area contributed by atoms with Gasteiger partial charge in [0.2, 0.25) is 5.13 Å². The van der Waals surface area contributed by atoms with Crippen molar-refractivity contribution in [2.45, 2.75) is 25.4 Å². The van der Waals surface area contributed by atoms with Crippen LogP contribution in [-0.4, -0.2) is 39.3 Å². The summed E-state index contributed by atoms with van der Waals surface area (Å²) >= 11 is 8.82. The van der Waals surface area contributed by atoms with Crippen molar-refractivity contribution < 1.29 is 0 Å². The molecule has 1 aliphatic heterocycles. The normalized spacial score (nSPS) is 18.2. The molecule has 0 bridgehead atoms. The van der Waals surface area contributed by atoms with Gasteiger partial charge < -0.3 is 5.32 Å². The molecule has 8 heteroatoms. The molecule has 3 heterocycles. The molecule has 4 rings (SSSR count). The molecule has 0 unspecified atom stereocenters. The van der Waals surface area contributed by atoms with Crippen molar-refractivity contribution in [1.29, 1.82) is 0 Å². The zero-order chi connectivity index (χ0) is 17.9. The smallest absolute Gasteiger partial charge is 0.204 e. The highest BCUT2D eigenvalue weighted by atomic mass is 32.1. The van der Waals surface area contributed by atoms with Gasteiger partial charge in [-0.25, -0.2) is 9.67 Å². The number of fused-ring (bicyclic) bond motifs is 1. The Morgan fingerprint density at radius 1 is 1.35 bits per heavy atom. The summed E-state index contributed by atoms with van der Waals surface area (Å²) in [6, 6.07) is 8.40. The van der Waals surface area contributed by atoms with Gasteiger partial charge >= 0.3 is 0 Å². The predicted octanol–water partition coefficient (Wildman–Crippen LogP) is 4.72. The van der Waals surface area contributed by atoms with E-state index >= 15 is 0 Å². The van der Waals surface area contributed by atoms with Crippen LogP contribution in [-0.2, 0) is 6.67 Å². The molecule has 26 heavy (non-hydrogen) atoms. The van der Waals surface area contributed by atoms with Crippen LogP contribution in [0.5, 0.6) is 0 Å². The Bertz CT molecular complexity index is 924. The summed E-state index contributed by atoms with van der Waals surface area (Å²) in [6.07, 6.45) is 4.20. The average Bonchev–Trinajstić information content (AvgIpc) is 3.24. The number of aromatic nitrogens is 3. The van der Waals surface area contributed by atoms with Crippen LogP contribution >= 0.6 is 34.9 Å². The third kappa shape index (κ3) is 3.88. The Kier molecular flexibility index (Phi) is 5.44. The molecule has 0 radical (unpaired) electrons. The summed E-state index contributed by atoms with van der Waals surface area (Å²) < 4.78 is 4.00. The van der Waals surface area contributed by atoms with Gasteiger partial charge in [0.05, 0.1) is 21.9 Å². The van der Waals surface area contributed by atoms with Gasteiger partial charge in [0.25, 0.3) is 0 Å². The third-order valence-electron chi connectivity index (χ3n) is 4.50. The summed E-state index contributed by atoms with van der Waals surface area (Å²) in [7, 11) is 0. The van der Waals surface area contributed by atoms with Crippen LogP contribution in [0.15, 0.2) is 36.9 Å². The van der Waals surface area contributed by atoms with Gasteiger partial charge in [-0.15, -0.1) is 23.0 Å². The largest absolute Gasteiger partial charge is 0.357 e. The van der Waals surface area contributed by atoms with Crippen LogP contribution < -0.4 is 5.32 Å². The maximum Gasteiger partial charge on any atom is 0.204 e. The number of nitrogens with zero attached hydrogens (tertiary/aromatic N) is 4.